The molecule has 0 aliphatic rings. The molecule has 0 aromatic carbocycles. The van der Waals surface area contributed by atoms with Gasteiger partial charge >= 0.3 is 0 Å². The van der Waals surface area contributed by atoms with E-state index in [-0.39, 0.29) is 56.6 Å². The fraction of sp³-hybridized carbons (Fsp3) is 1.00. The Hall–Kier alpha value is -0.240. The molecule has 0 aromatic rings. The molecule has 0 rings (SSSR count). The highest BCUT2D eigenvalue weighted by Gasteiger charge is 1.54. The lowest BCUT2D eigenvalue weighted by Crippen LogP contribution is -1.97. The minimum atomic E-state index is -3.37. The van der Waals surface area contributed by atoms with E-state index in [2.05, 4.69) is 0 Å². The van der Waals surface area contributed by atoms with Gasteiger partial charge in [-0.1, -0.05) is 25.7 Å². The molecular weight excluding hydrogens is 440 g/mol. The van der Waals surface area contributed by atoms with E-state index in [1.807, 2.05) is 0 Å². The topological polar surface area (TPSA) is 545 Å². The van der Waals surface area contributed by atoms with Gasteiger partial charge in [-0.25, -0.2) is 0 Å². The van der Waals surface area contributed by atoms with Gasteiger partial charge in [-0.3, -0.25) is 0 Å². The predicted octanol–water partition coefficient (Wildman–Crippen LogP) is -2.90. The summed E-state index contributed by atoms with van der Waals surface area (Å²) in [5.41, 5.74) is 0. The minimum Gasteiger partial charge on any atom is -0.598 e. The fourth-order valence-electron chi connectivity index (χ4n) is 0. The molecular formula is CH36N8O12P4+4. The molecule has 0 unspecified atom stereocenters. The van der Waals surface area contributed by atoms with Crippen molar-refractivity contribution >= 4 is 33.0 Å². The Bertz CT molecular complexity index is 181. The second-order valence-electron chi connectivity index (χ2n) is 0.894. The van der Waals surface area contributed by atoms with E-state index in [0.717, 1.165) is 0 Å². The first-order valence-corrected chi connectivity index (χ1v) is 6.57. The third kappa shape index (κ3) is 195000. The third-order valence-corrected chi connectivity index (χ3v) is 0. The van der Waals surface area contributed by atoms with Crippen LogP contribution in [0.3, 0.4) is 0 Å². The van der Waals surface area contributed by atoms with Crippen molar-refractivity contribution in [3.05, 3.63) is 0 Å². The van der Waals surface area contributed by atoms with Crippen LogP contribution in [0.15, 0.2) is 0 Å². The highest BCUT2D eigenvalue weighted by Crippen LogP contribution is 1.80. The lowest BCUT2D eigenvalue weighted by Gasteiger charge is -1.75. The molecule has 25 heavy (non-hydrogen) atoms. The Morgan fingerprint density at radius 2 is 0.320 bits per heavy atom. The van der Waals surface area contributed by atoms with Crippen LogP contribution < -0.4 is 88.4 Å². The minimum absolute atomic E-state index is 0. The Morgan fingerprint density at radius 1 is 0.320 bits per heavy atom. The molecule has 0 radical (unpaired) electrons. The SMILES string of the molecule is C.O=[P+]([O-])[O-].O=[P+]([O-])[O-].O=[P+]([O-])[O-].O=[P+]([O-])[O-].[NH4+].[NH4+].[NH4+].[NH4+].[NH4+].[NH4+].[NH4+].[NH4+]. The zero-order chi connectivity index (χ0) is 14.3. The highest BCUT2D eigenvalue weighted by atomic mass is 31.1. The van der Waals surface area contributed by atoms with Crippen LogP contribution in [0.5, 0.6) is 0 Å². The van der Waals surface area contributed by atoms with Crippen LogP contribution in [-0.4, -0.2) is 0 Å². The number of quaternary nitrogens is 8. The maximum atomic E-state index is 8.48. The molecule has 0 spiro atoms. The molecule has 0 saturated carbocycles. The second kappa shape index (κ2) is 89.0. The molecule has 0 saturated heterocycles. The highest BCUT2D eigenvalue weighted by molar-refractivity contribution is 7.28. The second-order valence-corrected chi connectivity index (χ2v) is 2.68. The van der Waals surface area contributed by atoms with E-state index in [0.29, 0.717) is 0 Å². The van der Waals surface area contributed by atoms with Gasteiger partial charge in [-0.2, -0.15) is 0 Å². The van der Waals surface area contributed by atoms with Crippen LogP contribution in [0.25, 0.3) is 0 Å². The zero-order valence-corrected chi connectivity index (χ0v) is 18.3. The fourth-order valence-corrected chi connectivity index (χ4v) is 0. The van der Waals surface area contributed by atoms with Crippen molar-refractivity contribution in [2.75, 3.05) is 0 Å². The zero-order valence-electron chi connectivity index (χ0n) is 14.7. The van der Waals surface area contributed by atoms with E-state index in [9.17, 15) is 0 Å². The van der Waals surface area contributed by atoms with Crippen molar-refractivity contribution in [1.82, 2.24) is 49.2 Å². The van der Waals surface area contributed by atoms with Crippen molar-refractivity contribution < 1.29 is 57.4 Å². The first-order valence-electron chi connectivity index (χ1n) is 2.19. The normalized spacial score (nSPS) is 4.16. The maximum Gasteiger partial charge on any atom is 0.276 e. The van der Waals surface area contributed by atoms with Crippen molar-refractivity contribution in [1.29, 1.82) is 0 Å². The average Bonchev–Trinajstić information content (AvgIpc) is 1.76. The molecule has 0 bridgehead atoms. The Kier molecular flexibility index (Phi) is 360. The molecule has 20 nitrogen and oxygen atoms in total. The largest absolute Gasteiger partial charge is 0.598 e. The number of hydrogen-bond donors (Lipinski definition) is 8. The summed E-state index contributed by atoms with van der Waals surface area (Å²) in [5, 5.41) is 0. The summed E-state index contributed by atoms with van der Waals surface area (Å²) in [6.45, 7) is 0. The third-order valence-electron chi connectivity index (χ3n) is 0. The summed E-state index contributed by atoms with van der Waals surface area (Å²) in [7, 11) is -13.5. The van der Waals surface area contributed by atoms with Crippen molar-refractivity contribution in [2.24, 2.45) is 0 Å². The van der Waals surface area contributed by atoms with E-state index in [4.69, 9.17) is 57.4 Å². The van der Waals surface area contributed by atoms with Crippen LogP contribution >= 0.6 is 33.0 Å². The molecule has 0 heterocycles. The van der Waals surface area contributed by atoms with Gasteiger partial charge in [0, 0.05) is 0 Å². The van der Waals surface area contributed by atoms with Gasteiger partial charge in [-0.05, 0) is 0 Å². The number of hydrogen-bond acceptors (Lipinski definition) is 12. The summed E-state index contributed by atoms with van der Waals surface area (Å²) in [4.78, 5) is 67.9. The average molecular weight is 476 g/mol. The van der Waals surface area contributed by atoms with Crippen LogP contribution in [0, 0.1) is 0 Å². The molecule has 0 atom stereocenters. The first-order chi connectivity index (χ1) is 6.93. The van der Waals surface area contributed by atoms with E-state index in [1.54, 1.807) is 0 Å². The van der Waals surface area contributed by atoms with Gasteiger partial charge in [0.2, 0.25) is 0 Å². The molecule has 168 valence electrons. The molecule has 0 fully saturated rings. The summed E-state index contributed by atoms with van der Waals surface area (Å²) in [6.07, 6.45) is 0. The van der Waals surface area contributed by atoms with Crippen LogP contribution in [0.2, 0.25) is 0 Å². The Balaban J connectivity index is -0.00000000623. The Labute approximate surface area is 148 Å². The van der Waals surface area contributed by atoms with Gasteiger partial charge in [0.05, 0.1) is 0 Å². The summed E-state index contributed by atoms with van der Waals surface area (Å²) in [5.74, 6) is 0. The van der Waals surface area contributed by atoms with Gasteiger partial charge in [0.25, 0.3) is 33.0 Å². The molecule has 0 aromatic heterocycles. The molecule has 32 N–H and O–H groups in total. The van der Waals surface area contributed by atoms with Gasteiger partial charge in [0.15, 0.2) is 0 Å². The molecule has 0 amide bonds. The Morgan fingerprint density at radius 3 is 0.320 bits per heavy atom. The van der Waals surface area contributed by atoms with Crippen molar-refractivity contribution in [2.45, 2.75) is 7.43 Å². The first kappa shape index (κ1) is 101. The quantitative estimate of drug-likeness (QED) is 0.163. The van der Waals surface area contributed by atoms with E-state index < -0.39 is 33.0 Å². The molecule has 24 heteroatoms. The standard InChI is InChI=1S/CH4.8H3N.4HO3P/c;;;;;;;;;4*1-4(2)3/h1H4;8*1H3;4*(H,1,2,3)/p+4. The lowest BCUT2D eigenvalue weighted by atomic mass is 12.0. The lowest BCUT2D eigenvalue weighted by molar-refractivity contribution is -0.298. The van der Waals surface area contributed by atoms with Gasteiger partial charge in [-0.15, -0.1) is 0 Å². The molecule has 0 aliphatic carbocycles. The maximum absolute atomic E-state index is 8.48. The van der Waals surface area contributed by atoms with Gasteiger partial charge < -0.3 is 88.4 Å². The molecule has 0 aliphatic heterocycles. The number of rotatable bonds is 0. The van der Waals surface area contributed by atoms with E-state index >= 15 is 0 Å². The van der Waals surface area contributed by atoms with Crippen LogP contribution in [0.1, 0.15) is 7.43 Å². The summed E-state index contributed by atoms with van der Waals surface area (Å²) >= 11 is 0. The summed E-state index contributed by atoms with van der Waals surface area (Å²) < 4.78 is 33.9. The smallest absolute Gasteiger partial charge is 0.276 e. The van der Waals surface area contributed by atoms with Crippen LogP contribution in [0.4, 0.5) is 0 Å². The van der Waals surface area contributed by atoms with Gasteiger partial charge in [0.1, 0.15) is 0 Å². The van der Waals surface area contributed by atoms with Crippen molar-refractivity contribution in [3.8, 4) is 0 Å². The predicted molar refractivity (Wildman–Crippen MR) is 85.0 cm³/mol. The van der Waals surface area contributed by atoms with Crippen molar-refractivity contribution in [3.63, 3.8) is 0 Å². The summed E-state index contributed by atoms with van der Waals surface area (Å²) in [6, 6.07) is 0. The monoisotopic (exact) mass is 476 g/mol. The van der Waals surface area contributed by atoms with E-state index in [1.165, 1.54) is 0 Å². The van der Waals surface area contributed by atoms with Crippen LogP contribution in [-0.2, 0) is 18.3 Å².